The zero-order valence-electron chi connectivity index (χ0n) is 15.0. The third-order valence-electron chi connectivity index (χ3n) is 4.91. The number of anilines is 1. The average Bonchev–Trinajstić information content (AvgIpc) is 3.32. The molecule has 4 aromatic rings. The van der Waals surface area contributed by atoms with Gasteiger partial charge < -0.3 is 4.42 Å². The van der Waals surface area contributed by atoms with Crippen LogP contribution in [-0.2, 0) is 0 Å². The molecule has 0 fully saturated rings. The highest BCUT2D eigenvalue weighted by Gasteiger charge is 2.44. The van der Waals surface area contributed by atoms with Crippen molar-refractivity contribution in [2.24, 2.45) is 0 Å². The van der Waals surface area contributed by atoms with Gasteiger partial charge in [-0.2, -0.15) is 0 Å². The van der Waals surface area contributed by atoms with Gasteiger partial charge in [0.05, 0.1) is 27.0 Å². The van der Waals surface area contributed by atoms with E-state index in [4.69, 9.17) is 27.6 Å². The number of nitrogens with zero attached hydrogens (tertiary/aromatic N) is 2. The molecule has 0 radical (unpaired) electrons. The summed E-state index contributed by atoms with van der Waals surface area (Å²) in [5.74, 6) is -0.386. The lowest BCUT2D eigenvalue weighted by atomic mass is 9.98. The molecular formula is C21H12Cl2N2O3S. The summed E-state index contributed by atoms with van der Waals surface area (Å²) < 4.78 is 5.91. The fourth-order valence-electron chi connectivity index (χ4n) is 3.62. The second-order valence-electron chi connectivity index (χ2n) is 6.74. The summed E-state index contributed by atoms with van der Waals surface area (Å²) in [5, 5.41) is 3.40. The zero-order valence-corrected chi connectivity index (χ0v) is 17.3. The van der Waals surface area contributed by atoms with E-state index < -0.39 is 11.9 Å². The molecule has 5 nitrogen and oxygen atoms in total. The first-order chi connectivity index (χ1) is 14.0. The van der Waals surface area contributed by atoms with Crippen molar-refractivity contribution in [3.63, 3.8) is 0 Å². The van der Waals surface area contributed by atoms with Gasteiger partial charge in [0, 0.05) is 11.6 Å². The van der Waals surface area contributed by atoms with Crippen LogP contribution in [0.4, 0.5) is 5.13 Å². The SMILES string of the molecule is Cc1ccc2oc3c(c(=O)c2c1)[C@H](c1ccc(Cl)c(Cl)c1)N(c1nccs1)C3=O. The number of benzene rings is 2. The molecular weight excluding hydrogens is 431 g/mol. The lowest BCUT2D eigenvalue weighted by molar-refractivity contribution is 0.0971. The minimum Gasteiger partial charge on any atom is -0.450 e. The number of halogens is 2. The summed E-state index contributed by atoms with van der Waals surface area (Å²) in [6.45, 7) is 1.90. The number of fused-ring (bicyclic) bond motifs is 2. The van der Waals surface area contributed by atoms with Crippen LogP contribution in [0.15, 0.2) is 57.2 Å². The van der Waals surface area contributed by atoms with Crippen molar-refractivity contribution in [1.29, 1.82) is 0 Å². The Morgan fingerprint density at radius 3 is 2.66 bits per heavy atom. The molecule has 8 heteroatoms. The monoisotopic (exact) mass is 442 g/mol. The first-order valence-corrected chi connectivity index (χ1v) is 10.3. The smallest absolute Gasteiger partial charge is 0.297 e. The molecule has 0 unspecified atom stereocenters. The van der Waals surface area contributed by atoms with Crippen molar-refractivity contribution in [1.82, 2.24) is 4.98 Å². The van der Waals surface area contributed by atoms with Gasteiger partial charge >= 0.3 is 0 Å². The van der Waals surface area contributed by atoms with E-state index in [1.54, 1.807) is 41.9 Å². The van der Waals surface area contributed by atoms with Crippen LogP contribution in [0, 0.1) is 6.92 Å². The molecule has 0 spiro atoms. The molecule has 0 aliphatic carbocycles. The fourth-order valence-corrected chi connectivity index (χ4v) is 4.59. The number of thiazole rings is 1. The lowest BCUT2D eigenvalue weighted by Gasteiger charge is -2.22. The maximum absolute atomic E-state index is 13.5. The van der Waals surface area contributed by atoms with Gasteiger partial charge in [0.15, 0.2) is 10.6 Å². The molecule has 1 amide bonds. The third kappa shape index (κ3) is 2.79. The highest BCUT2D eigenvalue weighted by molar-refractivity contribution is 7.13. The number of rotatable bonds is 2. The molecule has 1 aliphatic heterocycles. The van der Waals surface area contributed by atoms with Gasteiger partial charge in [0.2, 0.25) is 5.76 Å². The summed E-state index contributed by atoms with van der Waals surface area (Å²) in [5.41, 5.74) is 2.00. The van der Waals surface area contributed by atoms with Gasteiger partial charge in [-0.15, -0.1) is 11.3 Å². The molecule has 2 aromatic carbocycles. The van der Waals surface area contributed by atoms with Gasteiger partial charge in [-0.3, -0.25) is 14.5 Å². The predicted molar refractivity (Wildman–Crippen MR) is 114 cm³/mol. The summed E-state index contributed by atoms with van der Waals surface area (Å²) in [7, 11) is 0. The van der Waals surface area contributed by atoms with E-state index in [-0.39, 0.29) is 16.8 Å². The first kappa shape index (κ1) is 18.4. The van der Waals surface area contributed by atoms with Crippen molar-refractivity contribution >= 4 is 56.5 Å². The summed E-state index contributed by atoms with van der Waals surface area (Å²) >= 11 is 13.6. The van der Waals surface area contributed by atoms with Gasteiger partial charge in [0.1, 0.15) is 5.58 Å². The van der Waals surface area contributed by atoms with Crippen LogP contribution in [0.1, 0.15) is 33.3 Å². The van der Waals surface area contributed by atoms with E-state index in [1.807, 2.05) is 13.0 Å². The van der Waals surface area contributed by atoms with E-state index >= 15 is 0 Å². The highest BCUT2D eigenvalue weighted by Crippen LogP contribution is 2.42. The highest BCUT2D eigenvalue weighted by atomic mass is 35.5. The van der Waals surface area contributed by atoms with Crippen molar-refractivity contribution < 1.29 is 9.21 Å². The lowest BCUT2D eigenvalue weighted by Crippen LogP contribution is -2.29. The van der Waals surface area contributed by atoms with Crippen LogP contribution in [-0.4, -0.2) is 10.9 Å². The van der Waals surface area contributed by atoms with Crippen molar-refractivity contribution in [3.8, 4) is 0 Å². The molecule has 0 saturated heterocycles. The Hall–Kier alpha value is -2.67. The normalized spacial score (nSPS) is 15.9. The molecule has 5 rings (SSSR count). The van der Waals surface area contributed by atoms with Crippen LogP contribution in [0.3, 0.4) is 0 Å². The number of carbonyl (C=O) groups is 1. The van der Waals surface area contributed by atoms with E-state index in [9.17, 15) is 9.59 Å². The summed E-state index contributed by atoms with van der Waals surface area (Å²) in [6.07, 6.45) is 1.61. The molecule has 0 N–H and O–H groups in total. The van der Waals surface area contributed by atoms with Crippen molar-refractivity contribution in [3.05, 3.63) is 90.7 Å². The summed E-state index contributed by atoms with van der Waals surface area (Å²) in [4.78, 5) is 32.5. The van der Waals surface area contributed by atoms with Crippen LogP contribution >= 0.6 is 34.5 Å². The number of aromatic nitrogens is 1. The predicted octanol–water partition coefficient (Wildman–Crippen LogP) is 5.61. The van der Waals surface area contributed by atoms with Gasteiger partial charge in [-0.25, -0.2) is 4.98 Å². The fraction of sp³-hybridized carbons (Fsp3) is 0.0952. The molecule has 2 aromatic heterocycles. The molecule has 0 saturated carbocycles. The second-order valence-corrected chi connectivity index (χ2v) is 8.43. The number of hydrogen-bond acceptors (Lipinski definition) is 5. The Morgan fingerprint density at radius 2 is 1.93 bits per heavy atom. The van der Waals surface area contributed by atoms with Crippen LogP contribution < -0.4 is 10.3 Å². The van der Waals surface area contributed by atoms with Crippen LogP contribution in [0.5, 0.6) is 0 Å². The second kappa shape index (κ2) is 6.69. The van der Waals surface area contributed by atoms with E-state index in [0.717, 1.165) is 5.56 Å². The quantitative estimate of drug-likeness (QED) is 0.404. The molecule has 3 heterocycles. The molecule has 0 bridgehead atoms. The molecule has 1 aliphatic rings. The van der Waals surface area contributed by atoms with E-state index in [2.05, 4.69) is 4.98 Å². The topological polar surface area (TPSA) is 63.4 Å². The minimum absolute atomic E-state index is 0.0256. The van der Waals surface area contributed by atoms with E-state index in [0.29, 0.717) is 31.7 Å². The number of amides is 1. The maximum Gasteiger partial charge on any atom is 0.297 e. The minimum atomic E-state index is -0.709. The van der Waals surface area contributed by atoms with Gasteiger partial charge in [-0.05, 0) is 36.8 Å². The van der Waals surface area contributed by atoms with Crippen molar-refractivity contribution in [2.75, 3.05) is 4.90 Å². The Labute approximate surface area is 179 Å². The van der Waals surface area contributed by atoms with Crippen LogP contribution in [0.2, 0.25) is 10.0 Å². The third-order valence-corrected chi connectivity index (χ3v) is 6.42. The maximum atomic E-state index is 13.5. The first-order valence-electron chi connectivity index (χ1n) is 8.71. The Bertz CT molecular complexity index is 1350. The summed E-state index contributed by atoms with van der Waals surface area (Å²) in [6, 6.07) is 9.67. The molecule has 144 valence electrons. The average molecular weight is 443 g/mol. The van der Waals surface area contributed by atoms with Crippen LogP contribution in [0.25, 0.3) is 11.0 Å². The van der Waals surface area contributed by atoms with Gasteiger partial charge in [0.25, 0.3) is 5.91 Å². The largest absolute Gasteiger partial charge is 0.450 e. The molecule has 1 atom stereocenters. The van der Waals surface area contributed by atoms with E-state index in [1.165, 1.54) is 16.2 Å². The molecule has 29 heavy (non-hydrogen) atoms. The number of aryl methyl sites for hydroxylation is 1. The Morgan fingerprint density at radius 1 is 1.10 bits per heavy atom. The van der Waals surface area contributed by atoms with Crippen molar-refractivity contribution in [2.45, 2.75) is 13.0 Å². The standard InChI is InChI=1S/C21H12Cl2N2O3S/c1-10-2-5-15-12(8-10)18(26)16-17(11-3-4-13(22)14(23)9-11)25(20(27)19(16)28-15)21-24-6-7-29-21/h2-9,17H,1H3/t17-/m0/s1. The van der Waals surface area contributed by atoms with Gasteiger partial charge in [-0.1, -0.05) is 40.9 Å². The number of hydrogen-bond donors (Lipinski definition) is 0. The Balaban J connectivity index is 1.84. The zero-order chi connectivity index (χ0) is 20.3. The number of carbonyl (C=O) groups excluding carboxylic acids is 1. The Kier molecular flexibility index (Phi) is 4.24.